The van der Waals surface area contributed by atoms with Crippen LogP contribution in [0.2, 0.25) is 0 Å². The van der Waals surface area contributed by atoms with Gasteiger partial charge in [0.05, 0.1) is 23.1 Å². The molecule has 190 valence electrons. The number of nitrogens with two attached hydrogens (primary N) is 1. The predicted molar refractivity (Wildman–Crippen MR) is 136 cm³/mol. The van der Waals surface area contributed by atoms with Gasteiger partial charge in [-0.05, 0) is 68.8 Å². The third kappa shape index (κ3) is 4.25. The summed E-state index contributed by atoms with van der Waals surface area (Å²) in [7, 11) is 1.86. The number of amides is 1. The van der Waals surface area contributed by atoms with E-state index in [9.17, 15) is 19.1 Å². The van der Waals surface area contributed by atoms with Crippen molar-refractivity contribution >= 4 is 22.7 Å². The molecule has 9 heteroatoms. The van der Waals surface area contributed by atoms with Gasteiger partial charge < -0.3 is 20.1 Å². The number of nitrogens with zero attached hydrogens (tertiary/aromatic N) is 3. The minimum absolute atomic E-state index is 0.0219. The number of pyridine rings is 1. The SMILES string of the molecule is Cn1cnc2ccc(C(=O)CC[C@](C)(O)c3cc4c(c(-c5ccc(F)cc5)n3)OC[C@]4(C)C(N)=O)cc21. The second-order valence-electron chi connectivity index (χ2n) is 9.98. The van der Waals surface area contributed by atoms with Crippen LogP contribution < -0.4 is 10.5 Å². The van der Waals surface area contributed by atoms with Gasteiger partial charge in [0, 0.05) is 30.2 Å². The summed E-state index contributed by atoms with van der Waals surface area (Å²) in [5.41, 5.74) is 6.91. The Bertz CT molecular complexity index is 1540. The second kappa shape index (κ2) is 8.77. The van der Waals surface area contributed by atoms with Crippen LogP contribution in [-0.2, 0) is 22.9 Å². The zero-order chi connectivity index (χ0) is 26.5. The largest absolute Gasteiger partial charge is 0.489 e. The highest BCUT2D eigenvalue weighted by atomic mass is 19.1. The number of aliphatic hydroxyl groups is 1. The lowest BCUT2D eigenvalue weighted by Crippen LogP contribution is -2.40. The van der Waals surface area contributed by atoms with Crippen molar-refractivity contribution < 1.29 is 23.8 Å². The van der Waals surface area contributed by atoms with Gasteiger partial charge in [-0.15, -0.1) is 0 Å². The van der Waals surface area contributed by atoms with Crippen molar-refractivity contribution in [2.45, 2.75) is 37.7 Å². The Morgan fingerprint density at radius 2 is 1.95 bits per heavy atom. The number of hydrogen-bond donors (Lipinski definition) is 2. The number of imidazole rings is 1. The zero-order valence-electron chi connectivity index (χ0n) is 20.8. The molecule has 2 aromatic carbocycles. The summed E-state index contributed by atoms with van der Waals surface area (Å²) < 4.78 is 21.3. The number of Topliss-reactive ketones (excluding diaryl/α,β-unsaturated/α-hetero) is 1. The number of rotatable bonds is 7. The number of aromatic nitrogens is 3. The lowest BCUT2D eigenvalue weighted by Gasteiger charge is -2.26. The fraction of sp³-hybridized carbons (Fsp3) is 0.286. The van der Waals surface area contributed by atoms with E-state index < -0.39 is 22.7 Å². The van der Waals surface area contributed by atoms with Crippen LogP contribution in [0, 0.1) is 5.82 Å². The molecule has 1 aliphatic heterocycles. The summed E-state index contributed by atoms with van der Waals surface area (Å²) in [4.78, 5) is 34.3. The molecule has 0 spiro atoms. The van der Waals surface area contributed by atoms with Crippen LogP contribution in [-0.4, -0.2) is 37.9 Å². The van der Waals surface area contributed by atoms with Crippen LogP contribution in [0.5, 0.6) is 5.75 Å². The van der Waals surface area contributed by atoms with Gasteiger partial charge in [-0.2, -0.15) is 0 Å². The fourth-order valence-electron chi connectivity index (χ4n) is 4.60. The second-order valence-corrected chi connectivity index (χ2v) is 9.98. The van der Waals surface area contributed by atoms with E-state index in [-0.39, 0.29) is 30.9 Å². The summed E-state index contributed by atoms with van der Waals surface area (Å²) in [6.07, 6.45) is 1.83. The van der Waals surface area contributed by atoms with Gasteiger partial charge in [-0.1, -0.05) is 0 Å². The molecule has 0 bridgehead atoms. The molecule has 37 heavy (non-hydrogen) atoms. The highest BCUT2D eigenvalue weighted by Crippen LogP contribution is 2.46. The number of halogens is 1. The number of hydrogen-bond acceptors (Lipinski definition) is 6. The normalized spacial score (nSPS) is 18.3. The molecule has 0 aliphatic carbocycles. The Balaban J connectivity index is 1.49. The third-order valence-electron chi connectivity index (χ3n) is 7.17. The van der Waals surface area contributed by atoms with Crippen LogP contribution in [0.25, 0.3) is 22.3 Å². The summed E-state index contributed by atoms with van der Waals surface area (Å²) >= 11 is 0. The smallest absolute Gasteiger partial charge is 0.231 e. The van der Waals surface area contributed by atoms with Crippen LogP contribution in [0.4, 0.5) is 4.39 Å². The van der Waals surface area contributed by atoms with Crippen LogP contribution >= 0.6 is 0 Å². The molecule has 3 N–H and O–H groups in total. The fourth-order valence-corrected chi connectivity index (χ4v) is 4.60. The molecule has 1 amide bonds. The lowest BCUT2D eigenvalue weighted by molar-refractivity contribution is -0.123. The Morgan fingerprint density at radius 3 is 2.65 bits per heavy atom. The number of ketones is 1. The first-order valence-electron chi connectivity index (χ1n) is 11.9. The number of primary amides is 1. The van der Waals surface area contributed by atoms with Gasteiger partial charge in [0.25, 0.3) is 0 Å². The number of ether oxygens (including phenoxy) is 1. The first-order valence-corrected chi connectivity index (χ1v) is 11.9. The van der Waals surface area contributed by atoms with Crippen LogP contribution in [0.15, 0.2) is 54.9 Å². The topological polar surface area (TPSA) is 120 Å². The monoisotopic (exact) mass is 502 g/mol. The van der Waals surface area contributed by atoms with E-state index in [1.54, 1.807) is 56.6 Å². The van der Waals surface area contributed by atoms with Crippen molar-refractivity contribution in [3.8, 4) is 17.0 Å². The standard InChI is InChI=1S/C28H27FN4O4/c1-27(26(30)35)14-37-25-19(27)13-23(32-24(25)16-4-7-18(29)8-5-16)28(2,36)11-10-22(34)17-6-9-20-21(12-17)33(3)15-31-20/h4-9,12-13,15,36H,10-11,14H2,1-3H3,(H2,30,35)/t27-,28-/m0/s1. The van der Waals surface area contributed by atoms with Crippen molar-refractivity contribution in [3.63, 3.8) is 0 Å². The van der Waals surface area contributed by atoms with Gasteiger partial charge >= 0.3 is 0 Å². The molecule has 0 saturated heterocycles. The molecule has 0 fully saturated rings. The third-order valence-corrected chi connectivity index (χ3v) is 7.17. The number of carbonyl (C=O) groups excluding carboxylic acids is 2. The molecular weight excluding hydrogens is 475 g/mol. The summed E-state index contributed by atoms with van der Waals surface area (Å²) in [6.45, 7) is 3.27. The molecule has 8 nitrogen and oxygen atoms in total. The van der Waals surface area contributed by atoms with Gasteiger partial charge in [0.15, 0.2) is 5.78 Å². The molecule has 0 saturated carbocycles. The van der Waals surface area contributed by atoms with E-state index in [2.05, 4.69) is 9.97 Å². The number of aryl methyl sites for hydroxylation is 1. The average molecular weight is 503 g/mol. The summed E-state index contributed by atoms with van der Waals surface area (Å²) in [5, 5.41) is 11.5. The highest BCUT2D eigenvalue weighted by molar-refractivity contribution is 5.99. The van der Waals surface area contributed by atoms with E-state index in [1.807, 2.05) is 11.6 Å². The van der Waals surface area contributed by atoms with Crippen molar-refractivity contribution in [3.05, 3.63) is 77.5 Å². The molecule has 2 aromatic heterocycles. The summed E-state index contributed by atoms with van der Waals surface area (Å²) in [6, 6.07) is 12.6. The minimum Gasteiger partial charge on any atom is -0.489 e. The van der Waals surface area contributed by atoms with E-state index in [0.29, 0.717) is 28.1 Å². The van der Waals surface area contributed by atoms with Crippen molar-refractivity contribution in [2.24, 2.45) is 12.8 Å². The molecule has 0 unspecified atom stereocenters. The van der Waals surface area contributed by atoms with Crippen molar-refractivity contribution in [1.29, 1.82) is 0 Å². The Hall–Kier alpha value is -4.11. The minimum atomic E-state index is -1.52. The maximum absolute atomic E-state index is 13.6. The quantitative estimate of drug-likeness (QED) is 0.371. The first kappa shape index (κ1) is 24.6. The number of benzene rings is 2. The molecule has 5 rings (SSSR count). The number of carbonyl (C=O) groups is 2. The maximum atomic E-state index is 13.6. The molecule has 0 radical (unpaired) electrons. The Labute approximate surface area is 212 Å². The Morgan fingerprint density at radius 1 is 1.22 bits per heavy atom. The zero-order valence-corrected chi connectivity index (χ0v) is 20.8. The summed E-state index contributed by atoms with van der Waals surface area (Å²) in [5.74, 6) is -0.746. The molecular formula is C28H27FN4O4. The van der Waals surface area contributed by atoms with E-state index >= 15 is 0 Å². The number of fused-ring (bicyclic) bond motifs is 2. The molecule has 4 aromatic rings. The van der Waals surface area contributed by atoms with Crippen molar-refractivity contribution in [2.75, 3.05) is 6.61 Å². The predicted octanol–water partition coefficient (Wildman–Crippen LogP) is 3.78. The first-order chi connectivity index (χ1) is 17.5. The molecule has 3 heterocycles. The van der Waals surface area contributed by atoms with Crippen molar-refractivity contribution in [1.82, 2.24) is 14.5 Å². The van der Waals surface area contributed by atoms with E-state index in [4.69, 9.17) is 10.5 Å². The van der Waals surface area contributed by atoms with Gasteiger partial charge in [0.2, 0.25) is 5.91 Å². The molecule has 2 atom stereocenters. The van der Waals surface area contributed by atoms with E-state index in [1.165, 1.54) is 12.1 Å². The van der Waals surface area contributed by atoms with Gasteiger partial charge in [0.1, 0.15) is 34.9 Å². The van der Waals surface area contributed by atoms with Crippen LogP contribution in [0.1, 0.15) is 48.3 Å². The van der Waals surface area contributed by atoms with E-state index in [0.717, 1.165) is 11.0 Å². The van der Waals surface area contributed by atoms with Gasteiger partial charge in [-0.3, -0.25) is 9.59 Å². The van der Waals surface area contributed by atoms with Gasteiger partial charge in [-0.25, -0.2) is 14.4 Å². The molecule has 1 aliphatic rings. The average Bonchev–Trinajstić information content (AvgIpc) is 3.43. The highest BCUT2D eigenvalue weighted by Gasteiger charge is 2.45. The Kier molecular flexibility index (Phi) is 5.83. The maximum Gasteiger partial charge on any atom is 0.231 e. The lowest BCUT2D eigenvalue weighted by atomic mass is 9.81. The van der Waals surface area contributed by atoms with Crippen LogP contribution in [0.3, 0.4) is 0 Å².